The molecule has 6 heteroatoms. The number of rotatable bonds is 3. The van der Waals surface area contributed by atoms with Crippen LogP contribution in [0.25, 0.3) is 0 Å². The lowest BCUT2D eigenvalue weighted by molar-refractivity contribution is 0.0880. The van der Waals surface area contributed by atoms with E-state index in [-0.39, 0.29) is 30.3 Å². The summed E-state index contributed by atoms with van der Waals surface area (Å²) in [4.78, 5) is 12.0. The van der Waals surface area contributed by atoms with Crippen molar-refractivity contribution in [2.45, 2.75) is 12.1 Å². The van der Waals surface area contributed by atoms with Crippen LogP contribution in [-0.4, -0.2) is 48.6 Å². The van der Waals surface area contributed by atoms with Crippen LogP contribution in [0.4, 0.5) is 0 Å². The maximum atomic E-state index is 12.0. The number of aliphatic hydroxyl groups is 1. The Morgan fingerprint density at radius 1 is 1.50 bits per heavy atom. The van der Waals surface area contributed by atoms with Gasteiger partial charge in [0, 0.05) is 0 Å². The lowest BCUT2D eigenvalue weighted by Crippen LogP contribution is -2.42. The molecule has 1 aliphatic heterocycles. The Kier molecular flexibility index (Phi) is 3.69. The average molecular weight is 253 g/mol. The maximum Gasteiger partial charge on any atom is 0.259 e. The number of carbonyl (C=O) groups is 1. The molecule has 18 heavy (non-hydrogen) atoms. The van der Waals surface area contributed by atoms with Gasteiger partial charge in [0.2, 0.25) is 0 Å². The van der Waals surface area contributed by atoms with Crippen molar-refractivity contribution < 1.29 is 24.5 Å². The molecule has 1 amide bonds. The lowest BCUT2D eigenvalue weighted by Gasteiger charge is -2.16. The predicted octanol–water partition coefficient (Wildman–Crippen LogP) is -0.110. The topological polar surface area (TPSA) is 88.0 Å². The fraction of sp³-hybridized carbons (Fsp3) is 0.417. The summed E-state index contributed by atoms with van der Waals surface area (Å²) >= 11 is 0. The summed E-state index contributed by atoms with van der Waals surface area (Å²) in [5.41, 5.74) is 0.0547. The van der Waals surface area contributed by atoms with Crippen LogP contribution in [-0.2, 0) is 4.74 Å². The van der Waals surface area contributed by atoms with Gasteiger partial charge in [0.25, 0.3) is 5.91 Å². The van der Waals surface area contributed by atoms with Crippen molar-refractivity contribution in [3.63, 3.8) is 0 Å². The third-order valence-electron chi connectivity index (χ3n) is 2.82. The van der Waals surface area contributed by atoms with Gasteiger partial charge < -0.3 is 25.0 Å². The van der Waals surface area contributed by atoms with E-state index >= 15 is 0 Å². The number of carbonyl (C=O) groups excluding carboxylic acids is 1. The highest BCUT2D eigenvalue weighted by Crippen LogP contribution is 2.27. The number of hydrogen-bond donors (Lipinski definition) is 3. The number of phenolic OH excluding ortho intramolecular Hbond substituents is 1. The van der Waals surface area contributed by atoms with Crippen molar-refractivity contribution in [3.05, 3.63) is 23.8 Å². The molecule has 0 saturated carbocycles. The first-order chi connectivity index (χ1) is 8.63. The predicted molar refractivity (Wildman–Crippen MR) is 62.7 cm³/mol. The quantitative estimate of drug-likeness (QED) is 0.699. The van der Waals surface area contributed by atoms with Crippen molar-refractivity contribution in [1.82, 2.24) is 5.32 Å². The van der Waals surface area contributed by atoms with Crippen molar-refractivity contribution in [2.24, 2.45) is 0 Å². The zero-order valence-corrected chi connectivity index (χ0v) is 9.92. The number of amides is 1. The molecule has 6 nitrogen and oxygen atoms in total. The van der Waals surface area contributed by atoms with Crippen molar-refractivity contribution in [1.29, 1.82) is 0 Å². The minimum absolute atomic E-state index is 0.0547. The summed E-state index contributed by atoms with van der Waals surface area (Å²) < 4.78 is 10.1. The monoisotopic (exact) mass is 253 g/mol. The van der Waals surface area contributed by atoms with Gasteiger partial charge in [0.1, 0.15) is 17.1 Å². The van der Waals surface area contributed by atoms with Gasteiger partial charge in [-0.25, -0.2) is 0 Å². The van der Waals surface area contributed by atoms with Crippen LogP contribution in [0.1, 0.15) is 10.4 Å². The third kappa shape index (κ3) is 2.39. The van der Waals surface area contributed by atoms with Crippen LogP contribution in [0.5, 0.6) is 11.5 Å². The van der Waals surface area contributed by atoms with E-state index in [0.717, 1.165) is 0 Å². The molecule has 0 radical (unpaired) electrons. The molecule has 3 N–H and O–H groups in total. The van der Waals surface area contributed by atoms with Crippen LogP contribution in [0, 0.1) is 0 Å². The maximum absolute atomic E-state index is 12.0. The van der Waals surface area contributed by atoms with Gasteiger partial charge in [-0.1, -0.05) is 6.07 Å². The van der Waals surface area contributed by atoms with E-state index < -0.39 is 18.1 Å². The second kappa shape index (κ2) is 5.24. The van der Waals surface area contributed by atoms with Crippen LogP contribution in [0.2, 0.25) is 0 Å². The Hall–Kier alpha value is -1.79. The lowest BCUT2D eigenvalue weighted by atomic mass is 10.1. The number of ether oxygens (including phenoxy) is 2. The average Bonchev–Trinajstić information content (AvgIpc) is 2.74. The van der Waals surface area contributed by atoms with E-state index in [2.05, 4.69) is 5.32 Å². The first-order valence-electron chi connectivity index (χ1n) is 5.56. The molecule has 0 bridgehead atoms. The zero-order chi connectivity index (χ0) is 13.1. The molecule has 1 heterocycles. The number of aromatic hydroxyl groups is 1. The molecule has 0 aliphatic carbocycles. The first kappa shape index (κ1) is 12.7. The fourth-order valence-corrected chi connectivity index (χ4v) is 1.84. The zero-order valence-electron chi connectivity index (χ0n) is 9.92. The summed E-state index contributed by atoms with van der Waals surface area (Å²) in [6.07, 6.45) is -0.731. The summed E-state index contributed by atoms with van der Waals surface area (Å²) in [6.45, 7) is 0.450. The van der Waals surface area contributed by atoms with Gasteiger partial charge in [-0.3, -0.25) is 4.79 Å². The van der Waals surface area contributed by atoms with E-state index in [1.165, 1.54) is 13.2 Å². The molecule has 2 rings (SSSR count). The number of phenols is 1. The Bertz CT molecular complexity index is 448. The van der Waals surface area contributed by atoms with Gasteiger partial charge in [0.15, 0.2) is 0 Å². The molecule has 1 saturated heterocycles. The normalized spacial score (nSPS) is 22.8. The third-order valence-corrected chi connectivity index (χ3v) is 2.82. The van der Waals surface area contributed by atoms with Crippen LogP contribution in [0.15, 0.2) is 18.2 Å². The van der Waals surface area contributed by atoms with Gasteiger partial charge in [-0.2, -0.15) is 0 Å². The Balaban J connectivity index is 2.18. The highest BCUT2D eigenvalue weighted by atomic mass is 16.5. The van der Waals surface area contributed by atoms with Crippen LogP contribution in [0.3, 0.4) is 0 Å². The minimum Gasteiger partial charge on any atom is -0.507 e. The number of aliphatic hydroxyl groups excluding tert-OH is 1. The smallest absolute Gasteiger partial charge is 0.259 e. The molecule has 1 aromatic carbocycles. The summed E-state index contributed by atoms with van der Waals surface area (Å²) in [7, 11) is 1.42. The highest BCUT2D eigenvalue weighted by molar-refractivity contribution is 5.99. The second-order valence-electron chi connectivity index (χ2n) is 4.04. The second-order valence-corrected chi connectivity index (χ2v) is 4.04. The minimum atomic E-state index is -0.731. The molecule has 0 spiro atoms. The molecule has 1 fully saturated rings. The summed E-state index contributed by atoms with van der Waals surface area (Å²) in [5.74, 6) is -0.388. The summed E-state index contributed by atoms with van der Waals surface area (Å²) in [5, 5.41) is 21.9. The van der Waals surface area contributed by atoms with Crippen molar-refractivity contribution in [2.75, 3.05) is 20.3 Å². The van der Waals surface area contributed by atoms with Gasteiger partial charge >= 0.3 is 0 Å². The van der Waals surface area contributed by atoms with Crippen LogP contribution < -0.4 is 10.1 Å². The van der Waals surface area contributed by atoms with E-state index in [1.807, 2.05) is 0 Å². The highest BCUT2D eigenvalue weighted by Gasteiger charge is 2.29. The van der Waals surface area contributed by atoms with Crippen molar-refractivity contribution >= 4 is 5.91 Å². The van der Waals surface area contributed by atoms with Gasteiger partial charge in [0.05, 0.1) is 32.5 Å². The molecular weight excluding hydrogens is 238 g/mol. The molecule has 2 atom stereocenters. The molecule has 0 aromatic heterocycles. The van der Waals surface area contributed by atoms with E-state index in [4.69, 9.17) is 9.47 Å². The van der Waals surface area contributed by atoms with Gasteiger partial charge in [-0.05, 0) is 12.1 Å². The number of nitrogens with one attached hydrogen (secondary N) is 1. The molecule has 1 aliphatic rings. The largest absolute Gasteiger partial charge is 0.507 e. The molecule has 98 valence electrons. The van der Waals surface area contributed by atoms with E-state index in [1.54, 1.807) is 12.1 Å². The van der Waals surface area contributed by atoms with Gasteiger partial charge in [-0.15, -0.1) is 0 Å². The van der Waals surface area contributed by atoms with Crippen LogP contribution >= 0.6 is 0 Å². The fourth-order valence-electron chi connectivity index (χ4n) is 1.84. The Morgan fingerprint density at radius 2 is 2.28 bits per heavy atom. The number of methoxy groups -OCH3 is 1. The molecular formula is C12H15NO5. The Morgan fingerprint density at radius 3 is 2.89 bits per heavy atom. The molecule has 2 unspecified atom stereocenters. The SMILES string of the molecule is COc1cccc(O)c1C(=O)NC1COCC1O. The number of hydrogen-bond acceptors (Lipinski definition) is 5. The Labute approximate surface area is 104 Å². The van der Waals surface area contributed by atoms with E-state index in [9.17, 15) is 15.0 Å². The van der Waals surface area contributed by atoms with Crippen molar-refractivity contribution in [3.8, 4) is 11.5 Å². The standard InChI is InChI=1S/C12H15NO5/c1-17-10-4-2-3-8(14)11(10)12(16)13-7-5-18-6-9(7)15/h2-4,7,9,14-15H,5-6H2,1H3,(H,13,16). The molecule has 1 aromatic rings. The summed E-state index contributed by atoms with van der Waals surface area (Å²) in [6, 6.07) is 4.09. The number of benzene rings is 1. The first-order valence-corrected chi connectivity index (χ1v) is 5.56. The van der Waals surface area contributed by atoms with E-state index in [0.29, 0.717) is 0 Å².